The van der Waals surface area contributed by atoms with Crippen molar-refractivity contribution >= 4 is 29.6 Å². The molecule has 278 valence electrons. The SMILES string of the molecule is C[C@@H](NC(=O)N1C(=O)[C@@]2(c3ccccc31)[C@H](C(=O)O)[C@H]1C(=O)O[C@H](c3ccccc3)[C@H](c3ccccc3)N1[C@@H]2c1ccccc1OCCO)c1ccccc1. The summed E-state index contributed by atoms with van der Waals surface area (Å²) in [6, 6.07) is 36.7. The first kappa shape index (κ1) is 35.7. The van der Waals surface area contributed by atoms with Gasteiger partial charge in [0, 0.05) is 5.56 Å². The van der Waals surface area contributed by atoms with Crippen LogP contribution in [0.4, 0.5) is 10.5 Å². The van der Waals surface area contributed by atoms with Gasteiger partial charge in [0.25, 0.3) is 0 Å². The normalized spacial score (nSPS) is 24.8. The number of esters is 1. The first-order valence-corrected chi connectivity index (χ1v) is 18.2. The van der Waals surface area contributed by atoms with E-state index in [0.29, 0.717) is 16.9 Å². The van der Waals surface area contributed by atoms with Gasteiger partial charge in [0.1, 0.15) is 35.8 Å². The van der Waals surface area contributed by atoms with Gasteiger partial charge >= 0.3 is 18.0 Å². The maximum absolute atomic E-state index is 15.8. The fourth-order valence-electron chi connectivity index (χ4n) is 8.88. The lowest BCUT2D eigenvalue weighted by Gasteiger charge is -2.46. The molecule has 0 unspecified atom stereocenters. The van der Waals surface area contributed by atoms with Crippen molar-refractivity contribution in [2.45, 2.75) is 42.6 Å². The number of fused-ring (bicyclic) bond motifs is 3. The molecular weight excluding hydrogens is 698 g/mol. The number of carboxylic acids is 1. The van der Waals surface area contributed by atoms with E-state index in [2.05, 4.69) is 5.32 Å². The number of nitrogens with one attached hydrogen (secondary N) is 1. The molecular formula is C44H39N3O8. The van der Waals surface area contributed by atoms with Crippen LogP contribution in [-0.2, 0) is 24.5 Å². The topological polar surface area (TPSA) is 146 Å². The highest BCUT2D eigenvalue weighted by Gasteiger charge is 2.76. The van der Waals surface area contributed by atoms with Gasteiger partial charge in [0.15, 0.2) is 0 Å². The Labute approximate surface area is 317 Å². The van der Waals surface area contributed by atoms with E-state index >= 15 is 4.79 Å². The number of benzene rings is 5. The third-order valence-electron chi connectivity index (χ3n) is 11.0. The lowest BCUT2D eigenvalue weighted by Crippen LogP contribution is -2.54. The molecule has 2 saturated heterocycles. The number of hydrogen-bond acceptors (Lipinski definition) is 8. The zero-order valence-corrected chi connectivity index (χ0v) is 29.9. The predicted octanol–water partition coefficient (Wildman–Crippen LogP) is 6.28. The lowest BCUT2D eigenvalue weighted by atomic mass is 9.65. The zero-order chi connectivity index (χ0) is 38.3. The Bertz CT molecular complexity index is 2240. The molecule has 3 heterocycles. The van der Waals surface area contributed by atoms with Crippen LogP contribution < -0.4 is 15.0 Å². The summed E-state index contributed by atoms with van der Waals surface area (Å²) in [6.07, 6.45) is -0.914. The van der Waals surface area contributed by atoms with Crippen LogP contribution in [0.25, 0.3) is 0 Å². The molecule has 8 rings (SSSR count). The van der Waals surface area contributed by atoms with E-state index < -0.39 is 65.5 Å². The third-order valence-corrected chi connectivity index (χ3v) is 11.0. The molecule has 0 radical (unpaired) electrons. The number of carboxylic acid groups (broad SMARTS) is 1. The molecule has 5 aromatic carbocycles. The highest BCUT2D eigenvalue weighted by molar-refractivity contribution is 6.24. The molecule has 11 nitrogen and oxygen atoms in total. The minimum absolute atomic E-state index is 0.0875. The van der Waals surface area contributed by atoms with E-state index in [9.17, 15) is 24.6 Å². The minimum atomic E-state index is -2.06. The van der Waals surface area contributed by atoms with Crippen molar-refractivity contribution in [3.63, 3.8) is 0 Å². The summed E-state index contributed by atoms with van der Waals surface area (Å²) < 4.78 is 12.4. The largest absolute Gasteiger partial charge is 0.491 e. The number of morpholine rings is 1. The van der Waals surface area contributed by atoms with Crippen LogP contribution in [0, 0.1) is 5.92 Å². The van der Waals surface area contributed by atoms with Gasteiger partial charge in [-0.05, 0) is 41.3 Å². The van der Waals surface area contributed by atoms with Crippen molar-refractivity contribution in [1.82, 2.24) is 10.2 Å². The fraction of sp³-hybridized carbons (Fsp3) is 0.227. The monoisotopic (exact) mass is 737 g/mol. The predicted molar refractivity (Wildman–Crippen MR) is 202 cm³/mol. The summed E-state index contributed by atoms with van der Waals surface area (Å²) in [4.78, 5) is 61.7. The Morgan fingerprint density at radius 3 is 2.07 bits per heavy atom. The van der Waals surface area contributed by atoms with Crippen LogP contribution in [-0.4, -0.2) is 58.2 Å². The highest BCUT2D eigenvalue weighted by atomic mass is 16.6. The Morgan fingerprint density at radius 1 is 0.800 bits per heavy atom. The Kier molecular flexibility index (Phi) is 9.42. The molecule has 3 amide bonds. The van der Waals surface area contributed by atoms with Crippen molar-refractivity contribution in [3.8, 4) is 5.75 Å². The van der Waals surface area contributed by atoms with Gasteiger partial charge in [-0.3, -0.25) is 19.3 Å². The standard InChI is InChI=1S/C44H39N3O8/c1-27(28-15-5-2-6-16-28)45-43(53)46-33-23-13-12-22-32(33)44(42(46)52)35(40(49)50)37-41(51)55-38(30-19-9-4-10-20-30)36(29-17-7-3-8-18-29)47(37)39(44)31-21-11-14-24-34(31)54-26-25-48/h2-24,27,35-39,48H,25-26H2,1H3,(H,45,53)(H,49,50)/t27-,35+,36+,37+,38-,39-,44+/m1/s1. The molecule has 3 aliphatic heterocycles. The van der Waals surface area contributed by atoms with E-state index in [0.717, 1.165) is 16.0 Å². The minimum Gasteiger partial charge on any atom is -0.491 e. The van der Waals surface area contributed by atoms with Crippen LogP contribution in [0.3, 0.4) is 0 Å². The quantitative estimate of drug-likeness (QED) is 0.149. The van der Waals surface area contributed by atoms with Gasteiger partial charge in [-0.15, -0.1) is 0 Å². The van der Waals surface area contributed by atoms with E-state index in [1.165, 1.54) is 0 Å². The molecule has 7 atom stereocenters. The van der Waals surface area contributed by atoms with Gasteiger partial charge in [0.2, 0.25) is 5.91 Å². The van der Waals surface area contributed by atoms with Gasteiger partial charge in [-0.25, -0.2) is 9.69 Å². The number of hydrogen-bond donors (Lipinski definition) is 3. The number of aliphatic hydroxyl groups is 1. The molecule has 3 N–H and O–H groups in total. The summed E-state index contributed by atoms with van der Waals surface area (Å²) in [7, 11) is 0. The van der Waals surface area contributed by atoms with Crippen molar-refractivity contribution in [1.29, 1.82) is 0 Å². The maximum atomic E-state index is 15.8. The summed E-state index contributed by atoms with van der Waals surface area (Å²) in [5, 5.41) is 24.2. The number of cyclic esters (lactones) is 1. The molecule has 0 aliphatic carbocycles. The van der Waals surface area contributed by atoms with E-state index in [-0.39, 0.29) is 24.5 Å². The molecule has 55 heavy (non-hydrogen) atoms. The van der Waals surface area contributed by atoms with Crippen LogP contribution in [0.15, 0.2) is 140 Å². The Hall–Kier alpha value is -6.30. The second-order valence-electron chi connectivity index (χ2n) is 14.0. The fourth-order valence-corrected chi connectivity index (χ4v) is 8.88. The van der Waals surface area contributed by atoms with Crippen LogP contribution in [0.5, 0.6) is 5.75 Å². The number of amides is 3. The number of carbonyl (C=O) groups excluding carboxylic acids is 3. The molecule has 1 spiro atoms. The number of imide groups is 1. The smallest absolute Gasteiger partial charge is 0.329 e. The number of carbonyl (C=O) groups is 4. The summed E-state index contributed by atoms with van der Waals surface area (Å²) in [6.45, 7) is 1.40. The van der Waals surface area contributed by atoms with Crippen LogP contribution in [0.2, 0.25) is 0 Å². The molecule has 5 aromatic rings. The van der Waals surface area contributed by atoms with Crippen molar-refractivity contribution in [3.05, 3.63) is 167 Å². The molecule has 2 fully saturated rings. The van der Waals surface area contributed by atoms with Crippen molar-refractivity contribution in [2.75, 3.05) is 18.1 Å². The Balaban J connectivity index is 1.40. The van der Waals surface area contributed by atoms with E-state index in [1.807, 2.05) is 91.0 Å². The van der Waals surface area contributed by atoms with Gasteiger partial charge in [-0.2, -0.15) is 0 Å². The molecule has 0 bridgehead atoms. The lowest BCUT2D eigenvalue weighted by molar-refractivity contribution is -0.179. The summed E-state index contributed by atoms with van der Waals surface area (Å²) in [5.41, 5.74) is 1.04. The van der Waals surface area contributed by atoms with Crippen molar-refractivity contribution in [2.24, 2.45) is 5.92 Å². The number of anilines is 1. The van der Waals surface area contributed by atoms with Crippen LogP contribution >= 0.6 is 0 Å². The first-order valence-electron chi connectivity index (χ1n) is 18.2. The van der Waals surface area contributed by atoms with Crippen molar-refractivity contribution < 1.29 is 38.9 Å². The van der Waals surface area contributed by atoms with Gasteiger partial charge < -0.3 is 25.0 Å². The molecule has 11 heteroatoms. The molecule has 3 aliphatic rings. The first-order chi connectivity index (χ1) is 26.8. The maximum Gasteiger partial charge on any atom is 0.329 e. The van der Waals surface area contributed by atoms with Crippen LogP contribution in [0.1, 0.15) is 59.0 Å². The average molecular weight is 738 g/mol. The molecule has 0 saturated carbocycles. The second-order valence-corrected chi connectivity index (χ2v) is 14.0. The van der Waals surface area contributed by atoms with Gasteiger partial charge in [-0.1, -0.05) is 127 Å². The number of aliphatic carboxylic acids is 1. The highest BCUT2D eigenvalue weighted by Crippen LogP contribution is 2.66. The number of aliphatic hydroxyl groups excluding tert-OH is 1. The zero-order valence-electron chi connectivity index (χ0n) is 29.9. The number of urea groups is 1. The average Bonchev–Trinajstić information content (AvgIpc) is 3.67. The number of nitrogens with zero attached hydrogens (tertiary/aromatic N) is 2. The second kappa shape index (κ2) is 14.5. The van der Waals surface area contributed by atoms with Gasteiger partial charge in [0.05, 0.1) is 30.4 Å². The molecule has 0 aromatic heterocycles. The summed E-state index contributed by atoms with van der Waals surface area (Å²) in [5.74, 6) is -4.45. The Morgan fingerprint density at radius 2 is 1.40 bits per heavy atom. The summed E-state index contributed by atoms with van der Waals surface area (Å²) >= 11 is 0. The number of para-hydroxylation sites is 2. The van der Waals surface area contributed by atoms with E-state index in [1.54, 1.807) is 60.4 Å². The number of ether oxygens (including phenoxy) is 2. The third kappa shape index (κ3) is 5.74. The number of rotatable bonds is 9. The van der Waals surface area contributed by atoms with E-state index in [4.69, 9.17) is 9.47 Å².